The van der Waals surface area contributed by atoms with Gasteiger partial charge in [0.05, 0.1) is 19.8 Å². The third kappa shape index (κ3) is 13.2. The van der Waals surface area contributed by atoms with Crippen molar-refractivity contribution in [2.45, 2.75) is 39.0 Å². The van der Waals surface area contributed by atoms with Crippen LogP contribution in [0.3, 0.4) is 0 Å². The van der Waals surface area contributed by atoms with Crippen LogP contribution in [0.25, 0.3) is 0 Å². The second-order valence-electron chi connectivity index (χ2n) is 4.01. The van der Waals surface area contributed by atoms with E-state index in [1.54, 1.807) is 0 Å². The Morgan fingerprint density at radius 3 is 2.22 bits per heavy atom. The summed E-state index contributed by atoms with van der Waals surface area (Å²) in [6.07, 6.45) is 7.38. The van der Waals surface area contributed by atoms with Crippen molar-refractivity contribution >= 4 is 5.97 Å². The molecule has 0 N–H and O–H groups in total. The smallest absolute Gasteiger partial charge is 0.330 e. The molecule has 0 fully saturated rings. The summed E-state index contributed by atoms with van der Waals surface area (Å²) in [6, 6.07) is 0. The van der Waals surface area contributed by atoms with Crippen molar-refractivity contribution in [2.75, 3.05) is 33.0 Å². The fourth-order valence-electron chi connectivity index (χ4n) is 1.39. The van der Waals surface area contributed by atoms with Crippen LogP contribution in [0.15, 0.2) is 12.7 Å². The van der Waals surface area contributed by atoms with Crippen LogP contribution >= 0.6 is 0 Å². The maximum absolute atomic E-state index is 10.7. The standard InChI is InChI=1S/C14H26O4/c1-3-5-6-7-8-9-16-10-11-17-12-13-18-14(15)4-2/h4H,2-3,5-13H2,1H3. The molecule has 0 radical (unpaired) electrons. The molecule has 18 heavy (non-hydrogen) atoms. The predicted octanol–water partition coefficient (Wildman–Crippen LogP) is 2.72. The number of carbonyl (C=O) groups excluding carboxylic acids is 1. The zero-order valence-electron chi connectivity index (χ0n) is 11.5. The van der Waals surface area contributed by atoms with E-state index in [-0.39, 0.29) is 6.61 Å². The molecule has 4 heteroatoms. The minimum atomic E-state index is -0.415. The van der Waals surface area contributed by atoms with Crippen LogP contribution in [0.1, 0.15) is 39.0 Å². The molecule has 0 heterocycles. The van der Waals surface area contributed by atoms with Crippen molar-refractivity contribution in [3.63, 3.8) is 0 Å². The Labute approximate surface area is 110 Å². The molecule has 0 aromatic carbocycles. The SMILES string of the molecule is C=CC(=O)OCCOCCOCCCCCCC. The van der Waals surface area contributed by atoms with E-state index in [2.05, 4.69) is 13.5 Å². The molecule has 0 aromatic rings. The first-order valence-electron chi connectivity index (χ1n) is 6.76. The molecular weight excluding hydrogens is 232 g/mol. The molecule has 0 rings (SSSR count). The Balaban J connectivity index is 2.98. The molecule has 0 saturated carbocycles. The zero-order valence-corrected chi connectivity index (χ0v) is 11.5. The van der Waals surface area contributed by atoms with Gasteiger partial charge in [-0.05, 0) is 6.42 Å². The van der Waals surface area contributed by atoms with Crippen molar-refractivity contribution in [3.05, 3.63) is 12.7 Å². The summed E-state index contributed by atoms with van der Waals surface area (Å²) in [5, 5.41) is 0. The molecule has 0 aliphatic heterocycles. The Morgan fingerprint density at radius 1 is 0.944 bits per heavy atom. The van der Waals surface area contributed by atoms with E-state index in [0.717, 1.165) is 19.1 Å². The van der Waals surface area contributed by atoms with Crippen molar-refractivity contribution in [2.24, 2.45) is 0 Å². The number of unbranched alkanes of at least 4 members (excludes halogenated alkanes) is 4. The van der Waals surface area contributed by atoms with Crippen LogP contribution in [-0.4, -0.2) is 39.0 Å². The first-order valence-corrected chi connectivity index (χ1v) is 6.76. The van der Waals surface area contributed by atoms with Gasteiger partial charge in [-0.3, -0.25) is 0 Å². The Hall–Kier alpha value is -0.870. The number of ether oxygens (including phenoxy) is 3. The van der Waals surface area contributed by atoms with Crippen molar-refractivity contribution in [1.82, 2.24) is 0 Å². The quantitative estimate of drug-likeness (QED) is 0.289. The summed E-state index contributed by atoms with van der Waals surface area (Å²) >= 11 is 0. The number of esters is 1. The Morgan fingerprint density at radius 2 is 1.56 bits per heavy atom. The molecule has 0 bridgehead atoms. The molecule has 0 amide bonds. The van der Waals surface area contributed by atoms with E-state index < -0.39 is 5.97 Å². The second kappa shape index (κ2) is 14.2. The van der Waals surface area contributed by atoms with Gasteiger partial charge in [0.25, 0.3) is 0 Å². The second-order valence-corrected chi connectivity index (χ2v) is 4.01. The van der Waals surface area contributed by atoms with E-state index in [9.17, 15) is 4.79 Å². The van der Waals surface area contributed by atoms with Gasteiger partial charge in [0.1, 0.15) is 6.61 Å². The minimum Gasteiger partial charge on any atom is -0.460 e. The lowest BCUT2D eigenvalue weighted by Crippen LogP contribution is -2.11. The summed E-state index contributed by atoms with van der Waals surface area (Å²) in [6.45, 7) is 8.12. The predicted molar refractivity (Wildman–Crippen MR) is 71.6 cm³/mol. The molecule has 0 aliphatic rings. The highest BCUT2D eigenvalue weighted by Crippen LogP contribution is 2.02. The molecule has 0 aromatic heterocycles. The number of carbonyl (C=O) groups is 1. The van der Waals surface area contributed by atoms with Crippen LogP contribution in [-0.2, 0) is 19.0 Å². The fourth-order valence-corrected chi connectivity index (χ4v) is 1.39. The zero-order chi connectivity index (χ0) is 13.5. The van der Waals surface area contributed by atoms with Crippen molar-refractivity contribution < 1.29 is 19.0 Å². The van der Waals surface area contributed by atoms with Gasteiger partial charge in [-0.2, -0.15) is 0 Å². The maximum Gasteiger partial charge on any atom is 0.330 e. The number of hydrogen-bond acceptors (Lipinski definition) is 4. The van der Waals surface area contributed by atoms with Gasteiger partial charge < -0.3 is 14.2 Å². The van der Waals surface area contributed by atoms with Crippen molar-refractivity contribution in [1.29, 1.82) is 0 Å². The van der Waals surface area contributed by atoms with Gasteiger partial charge in [0.15, 0.2) is 0 Å². The molecule has 0 unspecified atom stereocenters. The number of rotatable bonds is 13. The van der Waals surface area contributed by atoms with E-state index in [1.807, 2.05) is 0 Å². The van der Waals surface area contributed by atoms with Crippen LogP contribution < -0.4 is 0 Å². The summed E-state index contributed by atoms with van der Waals surface area (Å²) in [5.74, 6) is -0.415. The van der Waals surface area contributed by atoms with E-state index in [1.165, 1.54) is 25.7 Å². The lowest BCUT2D eigenvalue weighted by atomic mass is 10.2. The van der Waals surface area contributed by atoms with Gasteiger partial charge in [-0.1, -0.05) is 39.2 Å². The average Bonchev–Trinajstić information content (AvgIpc) is 2.39. The highest BCUT2D eigenvalue weighted by Gasteiger charge is 1.95. The van der Waals surface area contributed by atoms with Gasteiger partial charge >= 0.3 is 5.97 Å². The highest BCUT2D eigenvalue weighted by molar-refractivity contribution is 5.81. The number of hydrogen-bond donors (Lipinski definition) is 0. The summed E-state index contributed by atoms with van der Waals surface area (Å²) in [7, 11) is 0. The highest BCUT2D eigenvalue weighted by atomic mass is 16.6. The summed E-state index contributed by atoms with van der Waals surface area (Å²) < 4.78 is 15.4. The van der Waals surface area contributed by atoms with Crippen LogP contribution in [0, 0.1) is 0 Å². The molecule has 0 saturated heterocycles. The topological polar surface area (TPSA) is 44.8 Å². The minimum absolute atomic E-state index is 0.266. The van der Waals surface area contributed by atoms with Crippen LogP contribution in [0.4, 0.5) is 0 Å². The monoisotopic (exact) mass is 258 g/mol. The Bertz CT molecular complexity index is 204. The van der Waals surface area contributed by atoms with Crippen molar-refractivity contribution in [3.8, 4) is 0 Å². The molecule has 0 spiro atoms. The van der Waals surface area contributed by atoms with Crippen LogP contribution in [0.2, 0.25) is 0 Å². The van der Waals surface area contributed by atoms with Gasteiger partial charge in [0.2, 0.25) is 0 Å². The third-order valence-corrected chi connectivity index (χ3v) is 2.40. The maximum atomic E-state index is 10.7. The molecule has 4 nitrogen and oxygen atoms in total. The molecule has 106 valence electrons. The average molecular weight is 258 g/mol. The fraction of sp³-hybridized carbons (Fsp3) is 0.786. The van der Waals surface area contributed by atoms with Gasteiger partial charge in [-0.15, -0.1) is 0 Å². The Kier molecular flexibility index (Phi) is 13.5. The molecule has 0 atom stereocenters. The molecular formula is C14H26O4. The van der Waals surface area contributed by atoms with Crippen LogP contribution in [0.5, 0.6) is 0 Å². The largest absolute Gasteiger partial charge is 0.460 e. The van der Waals surface area contributed by atoms with E-state index in [0.29, 0.717) is 19.8 Å². The first-order chi connectivity index (χ1) is 8.81. The molecule has 0 aliphatic carbocycles. The first kappa shape index (κ1) is 17.1. The van der Waals surface area contributed by atoms with E-state index >= 15 is 0 Å². The lowest BCUT2D eigenvalue weighted by molar-refractivity contribution is -0.139. The van der Waals surface area contributed by atoms with Gasteiger partial charge in [-0.25, -0.2) is 4.79 Å². The summed E-state index contributed by atoms with van der Waals surface area (Å²) in [4.78, 5) is 10.7. The summed E-state index contributed by atoms with van der Waals surface area (Å²) in [5.41, 5.74) is 0. The van der Waals surface area contributed by atoms with E-state index in [4.69, 9.17) is 14.2 Å². The third-order valence-electron chi connectivity index (χ3n) is 2.40. The normalized spacial score (nSPS) is 10.3. The lowest BCUT2D eigenvalue weighted by Gasteiger charge is -2.06. The van der Waals surface area contributed by atoms with Gasteiger partial charge in [0, 0.05) is 12.7 Å².